The van der Waals surface area contributed by atoms with Crippen LogP contribution in [0.15, 0.2) is 24.3 Å². The van der Waals surface area contributed by atoms with E-state index in [0.29, 0.717) is 19.3 Å². The second kappa shape index (κ2) is 32.4. The summed E-state index contributed by atoms with van der Waals surface area (Å²) in [5.74, 6) is -0.608. The Labute approximate surface area is 288 Å². The van der Waals surface area contributed by atoms with Crippen molar-refractivity contribution in [3.8, 4) is 0 Å². The number of hydrogen-bond acceptors (Lipinski definition) is 7. The van der Waals surface area contributed by atoms with Gasteiger partial charge in [-0.25, -0.2) is 0 Å². The van der Waals surface area contributed by atoms with Crippen molar-refractivity contribution in [1.29, 1.82) is 0 Å². The molecule has 1 rings (SSSR count). The number of allylic oxidation sites excluding steroid dienone is 4. The van der Waals surface area contributed by atoms with Gasteiger partial charge in [0.1, 0.15) is 6.10 Å². The molecule has 0 aliphatic carbocycles. The maximum absolute atomic E-state index is 12.5. The highest BCUT2D eigenvalue weighted by Crippen LogP contribution is 2.18. The molecule has 272 valence electrons. The van der Waals surface area contributed by atoms with Crippen LogP contribution in [0.5, 0.6) is 0 Å². The number of carbonyl (C=O) groups excluding carboxylic acids is 3. The molecule has 47 heavy (non-hydrogen) atoms. The molecular formula is C40H71NO6. The Kier molecular flexibility index (Phi) is 29.6. The summed E-state index contributed by atoms with van der Waals surface area (Å²) >= 11 is 0. The van der Waals surface area contributed by atoms with E-state index in [9.17, 15) is 14.4 Å². The SMILES string of the molecule is CN(C)CCCC(=O)OC1CCCCCCCCC=CCCCCCC(=O)OCOC(=O)CCCCCC=CCCCCCCCC1. The number of nitrogens with zero attached hydrogens (tertiary/aromatic N) is 1. The molecule has 7 heteroatoms. The van der Waals surface area contributed by atoms with Gasteiger partial charge in [-0.1, -0.05) is 88.5 Å². The summed E-state index contributed by atoms with van der Waals surface area (Å²) in [4.78, 5) is 38.4. The lowest BCUT2D eigenvalue weighted by molar-refractivity contribution is -0.167. The average Bonchev–Trinajstić information content (AvgIpc) is 3.03. The first kappa shape index (κ1) is 42.9. The largest absolute Gasteiger partial charge is 0.462 e. The zero-order valence-electron chi connectivity index (χ0n) is 30.5. The van der Waals surface area contributed by atoms with E-state index >= 15 is 0 Å². The van der Waals surface area contributed by atoms with Gasteiger partial charge in [-0.05, 0) is 117 Å². The summed E-state index contributed by atoms with van der Waals surface area (Å²) in [6.07, 6.45) is 38.2. The van der Waals surface area contributed by atoms with Crippen molar-refractivity contribution in [2.24, 2.45) is 0 Å². The van der Waals surface area contributed by atoms with E-state index < -0.39 is 0 Å². The van der Waals surface area contributed by atoms with Gasteiger partial charge in [-0.2, -0.15) is 0 Å². The molecule has 0 amide bonds. The minimum atomic E-state index is -0.294. The highest BCUT2D eigenvalue weighted by Gasteiger charge is 2.14. The van der Waals surface area contributed by atoms with Crippen molar-refractivity contribution >= 4 is 17.9 Å². The predicted octanol–water partition coefficient (Wildman–Crippen LogP) is 10.6. The van der Waals surface area contributed by atoms with E-state index in [2.05, 4.69) is 29.2 Å². The van der Waals surface area contributed by atoms with E-state index in [1.165, 1.54) is 64.2 Å². The highest BCUT2D eigenvalue weighted by atomic mass is 16.7. The highest BCUT2D eigenvalue weighted by molar-refractivity contribution is 5.71. The van der Waals surface area contributed by atoms with Crippen molar-refractivity contribution in [3.05, 3.63) is 24.3 Å². The van der Waals surface area contributed by atoms with Crippen molar-refractivity contribution in [3.63, 3.8) is 0 Å². The van der Waals surface area contributed by atoms with Gasteiger partial charge >= 0.3 is 17.9 Å². The zero-order valence-corrected chi connectivity index (χ0v) is 30.5. The normalized spacial score (nSPS) is 21.8. The Hall–Kier alpha value is -2.15. The lowest BCUT2D eigenvalue weighted by atomic mass is 10.0. The van der Waals surface area contributed by atoms with Crippen molar-refractivity contribution < 1.29 is 28.6 Å². The van der Waals surface area contributed by atoms with Crippen LogP contribution in [0.25, 0.3) is 0 Å². The van der Waals surface area contributed by atoms with Crippen molar-refractivity contribution in [1.82, 2.24) is 4.90 Å². The first-order valence-corrected chi connectivity index (χ1v) is 19.4. The fourth-order valence-electron chi connectivity index (χ4n) is 5.92. The lowest BCUT2D eigenvalue weighted by Gasteiger charge is -2.18. The van der Waals surface area contributed by atoms with Crippen LogP contribution in [0.4, 0.5) is 0 Å². The van der Waals surface area contributed by atoms with Crippen LogP contribution in [0.2, 0.25) is 0 Å². The molecular weight excluding hydrogens is 590 g/mol. The number of esters is 3. The molecule has 1 aliphatic rings. The summed E-state index contributed by atoms with van der Waals surface area (Å²) in [5.41, 5.74) is 0. The molecule has 0 spiro atoms. The van der Waals surface area contributed by atoms with E-state index in [4.69, 9.17) is 14.2 Å². The Morgan fingerprint density at radius 1 is 0.617 bits per heavy atom. The van der Waals surface area contributed by atoms with Gasteiger partial charge in [0.15, 0.2) is 0 Å². The molecule has 7 nitrogen and oxygen atoms in total. The third-order valence-electron chi connectivity index (χ3n) is 8.85. The molecule has 0 aromatic heterocycles. The Balaban J connectivity index is 2.41. The summed E-state index contributed by atoms with van der Waals surface area (Å²) in [6.45, 7) is 0.655. The molecule has 0 unspecified atom stereocenters. The van der Waals surface area contributed by atoms with E-state index in [0.717, 1.165) is 103 Å². The molecule has 0 aromatic carbocycles. The molecule has 1 heterocycles. The van der Waals surface area contributed by atoms with E-state index in [1.807, 2.05) is 14.1 Å². The third-order valence-corrected chi connectivity index (χ3v) is 8.85. The molecule has 0 radical (unpaired) electrons. The zero-order chi connectivity index (χ0) is 34.0. The van der Waals surface area contributed by atoms with Gasteiger partial charge in [0.25, 0.3) is 0 Å². The first-order valence-electron chi connectivity index (χ1n) is 19.4. The molecule has 0 saturated heterocycles. The molecule has 0 N–H and O–H groups in total. The third kappa shape index (κ3) is 30.9. The predicted molar refractivity (Wildman–Crippen MR) is 193 cm³/mol. The number of cyclic esters (lactones) is 2. The fraction of sp³-hybridized carbons (Fsp3) is 0.825. The monoisotopic (exact) mass is 662 g/mol. The second-order valence-corrected chi connectivity index (χ2v) is 13.7. The first-order chi connectivity index (χ1) is 23.0. The maximum Gasteiger partial charge on any atom is 0.308 e. The van der Waals surface area contributed by atoms with Crippen LogP contribution in [-0.4, -0.2) is 56.3 Å². The summed E-state index contributed by atoms with van der Waals surface area (Å²) in [6, 6.07) is 0. The Bertz CT molecular complexity index is 772. The topological polar surface area (TPSA) is 82.1 Å². The second-order valence-electron chi connectivity index (χ2n) is 13.7. The average molecular weight is 662 g/mol. The number of rotatable bonds is 5. The maximum atomic E-state index is 12.5. The number of carbonyl (C=O) groups is 3. The molecule has 0 saturated carbocycles. The van der Waals surface area contributed by atoms with Crippen LogP contribution >= 0.6 is 0 Å². The van der Waals surface area contributed by atoms with Gasteiger partial charge in [-0.3, -0.25) is 14.4 Å². The summed E-state index contributed by atoms with van der Waals surface area (Å²) < 4.78 is 16.1. The van der Waals surface area contributed by atoms with Crippen molar-refractivity contribution in [2.75, 3.05) is 27.4 Å². The number of ether oxygens (including phenoxy) is 3. The fourth-order valence-corrected chi connectivity index (χ4v) is 5.92. The Morgan fingerprint density at radius 3 is 1.43 bits per heavy atom. The van der Waals surface area contributed by atoms with Gasteiger partial charge < -0.3 is 19.1 Å². The number of hydrogen-bond donors (Lipinski definition) is 0. The minimum absolute atomic E-state index is 0.0209. The smallest absolute Gasteiger partial charge is 0.308 e. The van der Waals surface area contributed by atoms with Crippen LogP contribution in [0.3, 0.4) is 0 Å². The van der Waals surface area contributed by atoms with Gasteiger partial charge in [0.2, 0.25) is 6.79 Å². The van der Waals surface area contributed by atoms with Gasteiger partial charge in [0.05, 0.1) is 0 Å². The van der Waals surface area contributed by atoms with Gasteiger partial charge in [-0.15, -0.1) is 0 Å². The van der Waals surface area contributed by atoms with Crippen LogP contribution in [0, 0.1) is 0 Å². The lowest BCUT2D eigenvalue weighted by Crippen LogP contribution is -2.20. The summed E-state index contributed by atoms with van der Waals surface area (Å²) in [7, 11) is 4.09. The molecule has 1 aliphatic heterocycles. The van der Waals surface area contributed by atoms with Crippen LogP contribution in [0.1, 0.15) is 180 Å². The van der Waals surface area contributed by atoms with Gasteiger partial charge in [0, 0.05) is 19.3 Å². The Morgan fingerprint density at radius 2 is 1.00 bits per heavy atom. The molecule has 0 fully saturated rings. The quantitative estimate of drug-likeness (QED) is 0.214. The molecule has 0 bridgehead atoms. The standard InChI is InChI=1S/C40H71NO6/c1-41(2)35-29-34-40(44)47-37-30-25-21-17-13-9-5-3-7-11-15-19-23-27-32-38(42)45-36-46-39(43)33-28-24-20-16-12-8-4-6-10-14-18-22-26-31-37/h7-8,11-12,37H,3-6,9-10,13-36H2,1-2H3. The van der Waals surface area contributed by atoms with E-state index in [-0.39, 0.29) is 30.8 Å². The summed E-state index contributed by atoms with van der Waals surface area (Å²) in [5, 5.41) is 0. The minimum Gasteiger partial charge on any atom is -0.462 e. The van der Waals surface area contributed by atoms with Crippen LogP contribution < -0.4 is 0 Å². The molecule has 0 atom stereocenters. The molecule has 0 aromatic rings. The van der Waals surface area contributed by atoms with Crippen molar-refractivity contribution in [2.45, 2.75) is 186 Å². The van der Waals surface area contributed by atoms with E-state index in [1.54, 1.807) is 0 Å². The van der Waals surface area contributed by atoms with Crippen LogP contribution in [-0.2, 0) is 28.6 Å².